The Balaban J connectivity index is 1.91. The second kappa shape index (κ2) is 9.54. The number of hydrogen-bond acceptors (Lipinski definition) is 5. The summed E-state index contributed by atoms with van der Waals surface area (Å²) in [5.74, 6) is -0.339. The molecule has 0 bridgehead atoms. The van der Waals surface area contributed by atoms with Gasteiger partial charge in [-0.05, 0) is 43.9 Å². The Morgan fingerprint density at radius 2 is 1.87 bits per heavy atom. The van der Waals surface area contributed by atoms with Crippen molar-refractivity contribution in [1.82, 2.24) is 9.21 Å². The molecule has 1 amide bonds. The zero-order valence-electron chi connectivity index (χ0n) is 17.2. The summed E-state index contributed by atoms with van der Waals surface area (Å²) >= 11 is 6.24. The molecule has 2 saturated heterocycles. The highest BCUT2D eigenvalue weighted by molar-refractivity contribution is 7.91. The zero-order chi connectivity index (χ0) is 21.9. The van der Waals surface area contributed by atoms with Crippen LogP contribution in [0.2, 0.25) is 5.02 Å². The van der Waals surface area contributed by atoms with Crippen LogP contribution in [0.25, 0.3) is 0 Å². The molecule has 1 unspecified atom stereocenters. The number of halogens is 1. The smallest absolute Gasteiger partial charge is 0.254 e. The van der Waals surface area contributed by atoms with Gasteiger partial charge in [0.05, 0.1) is 16.5 Å². The molecule has 0 aromatic heterocycles. The quantitative estimate of drug-likeness (QED) is 0.629. The third kappa shape index (κ3) is 5.18. The third-order valence-corrected chi connectivity index (χ3v) is 9.87. The summed E-state index contributed by atoms with van der Waals surface area (Å²) in [6, 6.07) is 3.91. The molecule has 168 valence electrons. The number of benzene rings is 1. The lowest BCUT2D eigenvalue weighted by molar-refractivity contribution is 0.0697. The van der Waals surface area contributed by atoms with Gasteiger partial charge in [0.2, 0.25) is 10.0 Å². The fourth-order valence-electron chi connectivity index (χ4n) is 4.13. The van der Waals surface area contributed by atoms with Gasteiger partial charge >= 0.3 is 0 Å². The van der Waals surface area contributed by atoms with E-state index >= 15 is 0 Å². The second-order valence-electron chi connectivity index (χ2n) is 8.02. The maximum atomic E-state index is 13.2. The van der Waals surface area contributed by atoms with Crippen molar-refractivity contribution in [2.75, 3.05) is 31.1 Å². The SMILES string of the molecule is CCCN(C(=O)c1ccc(Cl)c(S(=O)(=O)N2CCCCCC2)c1)C1CCS(=O)(=O)C1. The molecule has 3 rings (SSSR count). The Morgan fingerprint density at radius 1 is 1.20 bits per heavy atom. The van der Waals surface area contributed by atoms with Gasteiger partial charge in [-0.15, -0.1) is 0 Å². The van der Waals surface area contributed by atoms with Gasteiger partial charge in [0.25, 0.3) is 5.91 Å². The zero-order valence-corrected chi connectivity index (χ0v) is 19.6. The molecule has 2 heterocycles. The number of rotatable bonds is 6. The van der Waals surface area contributed by atoms with Gasteiger partial charge in [-0.3, -0.25) is 4.79 Å². The summed E-state index contributed by atoms with van der Waals surface area (Å²) in [5, 5.41) is 0.0845. The fourth-order valence-corrected chi connectivity index (χ4v) is 7.88. The number of sulfone groups is 1. The molecule has 2 fully saturated rings. The lowest BCUT2D eigenvalue weighted by atomic mass is 10.1. The molecular weight excluding hydrogens is 448 g/mol. The maximum Gasteiger partial charge on any atom is 0.254 e. The van der Waals surface area contributed by atoms with Crippen LogP contribution in [0, 0.1) is 0 Å². The van der Waals surface area contributed by atoms with E-state index in [1.807, 2.05) is 6.92 Å². The van der Waals surface area contributed by atoms with Gasteiger partial charge in [-0.1, -0.05) is 31.4 Å². The largest absolute Gasteiger partial charge is 0.335 e. The highest BCUT2D eigenvalue weighted by Gasteiger charge is 2.35. The lowest BCUT2D eigenvalue weighted by Crippen LogP contribution is -2.41. The van der Waals surface area contributed by atoms with E-state index in [1.54, 1.807) is 4.90 Å². The van der Waals surface area contributed by atoms with Gasteiger partial charge in [0, 0.05) is 31.2 Å². The Morgan fingerprint density at radius 3 is 2.43 bits per heavy atom. The molecule has 0 aliphatic carbocycles. The predicted molar refractivity (Wildman–Crippen MR) is 117 cm³/mol. The van der Waals surface area contributed by atoms with Crippen molar-refractivity contribution in [2.24, 2.45) is 0 Å². The molecule has 2 aliphatic rings. The number of amides is 1. The standard InChI is InChI=1S/C20H29ClN2O5S2/c1-2-10-23(17-9-13-29(25,26)15-17)20(24)16-7-8-18(21)19(14-16)30(27,28)22-11-5-3-4-6-12-22/h7-8,14,17H,2-6,9-13,15H2,1H3. The van der Waals surface area contributed by atoms with Crippen LogP contribution in [0.4, 0.5) is 0 Å². The molecule has 0 spiro atoms. The van der Waals surface area contributed by atoms with Crippen LogP contribution in [0.15, 0.2) is 23.1 Å². The van der Waals surface area contributed by atoms with Crippen molar-refractivity contribution in [3.8, 4) is 0 Å². The van der Waals surface area contributed by atoms with Crippen LogP contribution in [-0.4, -0.2) is 69.1 Å². The molecule has 0 N–H and O–H groups in total. The summed E-state index contributed by atoms with van der Waals surface area (Å²) in [5.41, 5.74) is 0.213. The van der Waals surface area contributed by atoms with Crippen LogP contribution in [0.5, 0.6) is 0 Å². The molecule has 7 nitrogen and oxygen atoms in total. The van der Waals surface area contributed by atoms with Gasteiger partial charge in [-0.25, -0.2) is 16.8 Å². The molecule has 0 saturated carbocycles. The van der Waals surface area contributed by atoms with Gasteiger partial charge in [-0.2, -0.15) is 4.31 Å². The van der Waals surface area contributed by atoms with Crippen LogP contribution in [0.1, 0.15) is 55.8 Å². The van der Waals surface area contributed by atoms with Crippen molar-refractivity contribution in [2.45, 2.75) is 56.4 Å². The van der Waals surface area contributed by atoms with Gasteiger partial charge in [0.15, 0.2) is 9.84 Å². The van der Waals surface area contributed by atoms with Gasteiger partial charge < -0.3 is 4.90 Å². The van der Waals surface area contributed by atoms with E-state index in [2.05, 4.69) is 0 Å². The summed E-state index contributed by atoms with van der Waals surface area (Å²) in [4.78, 5) is 14.7. The van der Waals surface area contributed by atoms with E-state index in [-0.39, 0.29) is 38.9 Å². The summed E-state index contributed by atoms with van der Waals surface area (Å²) in [6.45, 7) is 3.22. The van der Waals surface area contributed by atoms with Crippen LogP contribution in [0.3, 0.4) is 0 Å². The monoisotopic (exact) mass is 476 g/mol. The summed E-state index contributed by atoms with van der Waals surface area (Å²) in [7, 11) is -6.96. The maximum absolute atomic E-state index is 13.2. The number of hydrogen-bond donors (Lipinski definition) is 0. The molecule has 1 aromatic rings. The number of carbonyl (C=O) groups is 1. The minimum atomic E-state index is -3.81. The average molecular weight is 477 g/mol. The average Bonchev–Trinajstić information content (AvgIpc) is 2.89. The third-order valence-electron chi connectivity index (χ3n) is 5.74. The van der Waals surface area contributed by atoms with Crippen molar-refractivity contribution in [3.63, 3.8) is 0 Å². The van der Waals surface area contributed by atoms with E-state index < -0.39 is 19.9 Å². The van der Waals surface area contributed by atoms with Gasteiger partial charge in [0.1, 0.15) is 4.90 Å². The van der Waals surface area contributed by atoms with E-state index in [9.17, 15) is 21.6 Å². The minimum absolute atomic E-state index is 0.0503. The Labute approximate surface area is 184 Å². The Bertz CT molecular complexity index is 986. The lowest BCUT2D eigenvalue weighted by Gasteiger charge is -2.28. The first kappa shape index (κ1) is 23.5. The first-order valence-electron chi connectivity index (χ1n) is 10.5. The van der Waals surface area contributed by atoms with Crippen molar-refractivity contribution in [3.05, 3.63) is 28.8 Å². The summed E-state index contributed by atoms with van der Waals surface area (Å²) in [6.07, 6.45) is 4.67. The predicted octanol–water partition coefficient (Wildman–Crippen LogP) is 2.94. The van der Waals surface area contributed by atoms with Crippen molar-refractivity contribution in [1.29, 1.82) is 0 Å². The molecule has 10 heteroatoms. The molecule has 30 heavy (non-hydrogen) atoms. The molecule has 0 radical (unpaired) electrons. The number of sulfonamides is 1. The topological polar surface area (TPSA) is 91.8 Å². The molecular formula is C20H29ClN2O5S2. The fraction of sp³-hybridized carbons (Fsp3) is 0.650. The number of nitrogens with zero attached hydrogens (tertiary/aromatic N) is 2. The molecule has 1 aromatic carbocycles. The van der Waals surface area contributed by atoms with Crippen LogP contribution in [-0.2, 0) is 19.9 Å². The van der Waals surface area contributed by atoms with Crippen molar-refractivity contribution >= 4 is 37.4 Å². The Hall–Kier alpha value is -1.16. The second-order valence-corrected chi connectivity index (χ2v) is 12.6. The molecule has 1 atom stereocenters. The minimum Gasteiger partial charge on any atom is -0.335 e. The first-order chi connectivity index (χ1) is 14.2. The highest BCUT2D eigenvalue weighted by Crippen LogP contribution is 2.29. The normalized spacial score (nSPS) is 22.5. The van der Waals surface area contributed by atoms with E-state index in [0.717, 1.165) is 25.7 Å². The Kier molecular flexibility index (Phi) is 7.48. The van der Waals surface area contributed by atoms with E-state index in [4.69, 9.17) is 11.6 Å². The number of carbonyl (C=O) groups excluding carboxylic acids is 1. The summed E-state index contributed by atoms with van der Waals surface area (Å²) < 4.78 is 51.7. The van der Waals surface area contributed by atoms with Crippen LogP contribution < -0.4 is 0 Å². The molecule has 2 aliphatic heterocycles. The van der Waals surface area contributed by atoms with Crippen LogP contribution >= 0.6 is 11.6 Å². The van der Waals surface area contributed by atoms with E-state index in [1.165, 1.54) is 22.5 Å². The van der Waals surface area contributed by atoms with E-state index in [0.29, 0.717) is 32.5 Å². The van der Waals surface area contributed by atoms with Crippen molar-refractivity contribution < 1.29 is 21.6 Å². The highest BCUT2D eigenvalue weighted by atomic mass is 35.5. The first-order valence-corrected chi connectivity index (χ1v) is 14.1.